The third kappa shape index (κ3) is 5.22. The Hall–Kier alpha value is -2.79. The molecule has 9 nitrogen and oxygen atoms in total. The molecule has 0 bridgehead atoms. The summed E-state index contributed by atoms with van der Waals surface area (Å²) >= 11 is 0. The molecule has 1 aliphatic heterocycles. The Morgan fingerprint density at radius 1 is 1.30 bits per heavy atom. The van der Waals surface area contributed by atoms with Gasteiger partial charge in [-0.05, 0) is 31.0 Å². The molecule has 0 saturated carbocycles. The molecule has 11 heteroatoms. The summed E-state index contributed by atoms with van der Waals surface area (Å²) in [5.41, 5.74) is 1.01. The number of H-pyrrole nitrogens is 1. The van der Waals surface area contributed by atoms with Crippen LogP contribution >= 0.6 is 0 Å². The normalized spacial score (nSPS) is 15.4. The second-order valence-corrected chi connectivity index (χ2v) is 9.41. The summed E-state index contributed by atoms with van der Waals surface area (Å²) in [4.78, 5) is 26.3. The van der Waals surface area contributed by atoms with Gasteiger partial charge in [-0.15, -0.1) is 0 Å². The van der Waals surface area contributed by atoms with Crippen molar-refractivity contribution < 1.29 is 22.4 Å². The standard InChI is InChI=1S/C19H24FN5O4S/c1-24(30(2,28)29)12-18(26)25-9-7-13(8-10-25)16-11-17(23-22-16)19(27)21-15-6-4-3-5-14(15)20/h3-6,11,13H,7-10,12H2,1-2H3,(H,21,27)(H,22,23). The van der Waals surface area contributed by atoms with Crippen LogP contribution in [0.2, 0.25) is 0 Å². The molecule has 30 heavy (non-hydrogen) atoms. The number of halogens is 1. The zero-order valence-corrected chi connectivity index (χ0v) is 17.6. The van der Waals surface area contributed by atoms with Gasteiger partial charge in [0, 0.05) is 31.7 Å². The third-order valence-electron chi connectivity index (χ3n) is 5.16. The number of carbonyl (C=O) groups is 2. The number of anilines is 1. The van der Waals surface area contributed by atoms with E-state index >= 15 is 0 Å². The minimum atomic E-state index is -3.41. The maximum Gasteiger partial charge on any atom is 0.276 e. The summed E-state index contributed by atoms with van der Waals surface area (Å²) in [6, 6.07) is 7.52. The van der Waals surface area contributed by atoms with Gasteiger partial charge >= 0.3 is 0 Å². The maximum atomic E-state index is 13.7. The molecule has 3 rings (SSSR count). The van der Waals surface area contributed by atoms with Crippen LogP contribution in [-0.4, -0.2) is 72.6 Å². The van der Waals surface area contributed by atoms with Crippen LogP contribution in [0.15, 0.2) is 30.3 Å². The lowest BCUT2D eigenvalue weighted by Gasteiger charge is -2.32. The van der Waals surface area contributed by atoms with Crippen molar-refractivity contribution in [2.75, 3.05) is 38.3 Å². The first kappa shape index (κ1) is 21.9. The van der Waals surface area contributed by atoms with E-state index in [1.165, 1.54) is 25.2 Å². The van der Waals surface area contributed by atoms with Gasteiger partial charge in [0.1, 0.15) is 5.82 Å². The van der Waals surface area contributed by atoms with Crippen molar-refractivity contribution in [3.05, 3.63) is 47.5 Å². The van der Waals surface area contributed by atoms with Crippen molar-refractivity contribution in [1.82, 2.24) is 19.4 Å². The van der Waals surface area contributed by atoms with Crippen molar-refractivity contribution in [3.8, 4) is 0 Å². The number of benzene rings is 1. The number of nitrogens with zero attached hydrogens (tertiary/aromatic N) is 3. The van der Waals surface area contributed by atoms with E-state index in [1.54, 1.807) is 17.0 Å². The van der Waals surface area contributed by atoms with Crippen molar-refractivity contribution in [2.45, 2.75) is 18.8 Å². The number of piperidine rings is 1. The SMILES string of the molecule is CN(CC(=O)N1CCC(c2cc(C(=O)Nc3ccccc3F)n[nH]2)CC1)S(C)(=O)=O. The average molecular weight is 437 g/mol. The van der Waals surface area contributed by atoms with E-state index in [0.29, 0.717) is 25.9 Å². The minimum absolute atomic E-state index is 0.0814. The highest BCUT2D eigenvalue weighted by Crippen LogP contribution is 2.27. The molecule has 2 amide bonds. The monoisotopic (exact) mass is 437 g/mol. The molecule has 1 aliphatic rings. The third-order valence-corrected chi connectivity index (χ3v) is 6.43. The minimum Gasteiger partial charge on any atom is -0.342 e. The van der Waals surface area contributed by atoms with Crippen LogP contribution in [0.5, 0.6) is 0 Å². The van der Waals surface area contributed by atoms with Crippen molar-refractivity contribution in [3.63, 3.8) is 0 Å². The molecule has 0 radical (unpaired) electrons. The zero-order valence-electron chi connectivity index (χ0n) is 16.8. The van der Waals surface area contributed by atoms with Gasteiger partial charge < -0.3 is 10.2 Å². The van der Waals surface area contributed by atoms with E-state index in [1.807, 2.05) is 0 Å². The number of aromatic nitrogens is 2. The molecule has 162 valence electrons. The largest absolute Gasteiger partial charge is 0.342 e. The molecular formula is C19H24FN5O4S. The summed E-state index contributed by atoms with van der Waals surface area (Å²) in [6.45, 7) is 0.779. The molecule has 1 fully saturated rings. The summed E-state index contributed by atoms with van der Waals surface area (Å²) in [7, 11) is -2.04. The molecule has 0 spiro atoms. The number of sulfonamides is 1. The van der Waals surface area contributed by atoms with Gasteiger partial charge in [0.25, 0.3) is 5.91 Å². The first-order valence-corrected chi connectivity index (χ1v) is 11.3. The highest BCUT2D eigenvalue weighted by Gasteiger charge is 2.27. The Kier molecular flexibility index (Phi) is 6.52. The quantitative estimate of drug-likeness (QED) is 0.709. The number of amides is 2. The molecular weight excluding hydrogens is 413 g/mol. The van der Waals surface area contributed by atoms with Crippen LogP contribution in [0, 0.1) is 5.82 Å². The van der Waals surface area contributed by atoms with E-state index in [2.05, 4.69) is 15.5 Å². The summed E-state index contributed by atoms with van der Waals surface area (Å²) < 4.78 is 37.7. The van der Waals surface area contributed by atoms with E-state index in [4.69, 9.17) is 0 Å². The smallest absolute Gasteiger partial charge is 0.276 e. The van der Waals surface area contributed by atoms with Crippen LogP contribution in [0.25, 0.3) is 0 Å². The number of carbonyl (C=O) groups excluding carboxylic acids is 2. The van der Waals surface area contributed by atoms with Gasteiger partial charge in [0.15, 0.2) is 5.69 Å². The molecule has 2 heterocycles. The molecule has 2 aromatic rings. The zero-order chi connectivity index (χ0) is 21.9. The number of hydrogen-bond donors (Lipinski definition) is 2. The topological polar surface area (TPSA) is 115 Å². The van der Waals surface area contributed by atoms with Gasteiger partial charge in [-0.1, -0.05) is 12.1 Å². The Balaban J connectivity index is 1.55. The van der Waals surface area contributed by atoms with E-state index in [9.17, 15) is 22.4 Å². The molecule has 1 aromatic heterocycles. The summed E-state index contributed by atoms with van der Waals surface area (Å²) in [5, 5.41) is 9.37. The van der Waals surface area contributed by atoms with E-state index in [0.717, 1.165) is 16.3 Å². The molecule has 0 aliphatic carbocycles. The first-order chi connectivity index (χ1) is 14.1. The van der Waals surface area contributed by atoms with Crippen LogP contribution in [0.4, 0.5) is 10.1 Å². The molecule has 1 aromatic carbocycles. The molecule has 1 saturated heterocycles. The van der Waals surface area contributed by atoms with E-state index in [-0.39, 0.29) is 29.8 Å². The van der Waals surface area contributed by atoms with Gasteiger partial charge in [-0.3, -0.25) is 14.7 Å². The fourth-order valence-corrected chi connectivity index (χ4v) is 3.60. The maximum absolute atomic E-state index is 13.7. The summed E-state index contributed by atoms with van der Waals surface area (Å²) in [5.74, 6) is -1.20. The van der Waals surface area contributed by atoms with Crippen LogP contribution in [0.1, 0.15) is 34.9 Å². The van der Waals surface area contributed by atoms with E-state index < -0.39 is 21.7 Å². The molecule has 0 unspecified atom stereocenters. The lowest BCUT2D eigenvalue weighted by Crippen LogP contribution is -2.44. The Bertz CT molecular complexity index is 1030. The number of aromatic amines is 1. The fourth-order valence-electron chi connectivity index (χ4n) is 3.26. The fraction of sp³-hybridized carbons (Fsp3) is 0.421. The molecule has 2 N–H and O–H groups in total. The predicted octanol–water partition coefficient (Wildman–Crippen LogP) is 1.40. The van der Waals surface area contributed by atoms with Gasteiger partial charge in [-0.25, -0.2) is 12.8 Å². The van der Waals surface area contributed by atoms with Crippen LogP contribution in [0.3, 0.4) is 0 Å². The summed E-state index contributed by atoms with van der Waals surface area (Å²) in [6.07, 6.45) is 2.38. The van der Waals surface area contributed by atoms with Gasteiger partial charge in [-0.2, -0.15) is 9.40 Å². The van der Waals surface area contributed by atoms with Crippen molar-refractivity contribution in [1.29, 1.82) is 0 Å². The number of likely N-dealkylation sites (N-methyl/N-ethyl adjacent to an activating group) is 1. The highest BCUT2D eigenvalue weighted by atomic mass is 32.2. The number of nitrogens with one attached hydrogen (secondary N) is 2. The number of rotatable bonds is 6. The second-order valence-electron chi connectivity index (χ2n) is 7.32. The number of hydrogen-bond acceptors (Lipinski definition) is 5. The first-order valence-electron chi connectivity index (χ1n) is 9.45. The highest BCUT2D eigenvalue weighted by molar-refractivity contribution is 7.88. The lowest BCUT2D eigenvalue weighted by atomic mass is 9.93. The second kappa shape index (κ2) is 8.92. The van der Waals surface area contributed by atoms with Crippen LogP contribution in [-0.2, 0) is 14.8 Å². The average Bonchev–Trinajstić information content (AvgIpc) is 3.19. The van der Waals surface area contributed by atoms with Gasteiger partial charge in [0.2, 0.25) is 15.9 Å². The molecule has 0 atom stereocenters. The van der Waals surface area contributed by atoms with Gasteiger partial charge in [0.05, 0.1) is 18.5 Å². The van der Waals surface area contributed by atoms with Crippen molar-refractivity contribution >= 4 is 27.5 Å². The van der Waals surface area contributed by atoms with Crippen molar-refractivity contribution in [2.24, 2.45) is 0 Å². The predicted molar refractivity (Wildman–Crippen MR) is 109 cm³/mol. The Labute approximate surface area is 174 Å². The Morgan fingerprint density at radius 3 is 2.60 bits per heavy atom. The van der Waals surface area contributed by atoms with Crippen LogP contribution < -0.4 is 5.32 Å². The Morgan fingerprint density at radius 2 is 1.97 bits per heavy atom. The number of para-hydroxylation sites is 1. The lowest BCUT2D eigenvalue weighted by molar-refractivity contribution is -0.132. The number of likely N-dealkylation sites (tertiary alicyclic amines) is 1.